The van der Waals surface area contributed by atoms with Gasteiger partial charge in [-0.05, 0) is 61.4 Å². The highest BCUT2D eigenvalue weighted by Crippen LogP contribution is 2.30. The number of carbonyl (C=O) groups is 2. The minimum atomic E-state index is -0.860. The van der Waals surface area contributed by atoms with Crippen LogP contribution in [0.1, 0.15) is 46.4 Å². The number of nitriles is 1. The molecule has 8 heteroatoms. The standard InChI is InChI=1S/C24H23N3O5/c25-13-17-1-3-18(4-2-17)15-31-20-11-19(14-28)23-21(12-20)22(26-32-23)6-5-16-7-9-27(10-8-16)24(29)30/h1-4,11-12,14,16H,5-10,15H2,(H,29,30). The van der Waals surface area contributed by atoms with Gasteiger partial charge in [0.25, 0.3) is 0 Å². The Morgan fingerprint density at radius 3 is 2.69 bits per heavy atom. The first-order valence-electron chi connectivity index (χ1n) is 10.5. The van der Waals surface area contributed by atoms with Crippen molar-refractivity contribution in [3.05, 3.63) is 58.8 Å². The first kappa shape index (κ1) is 21.4. The van der Waals surface area contributed by atoms with Gasteiger partial charge in [-0.1, -0.05) is 17.3 Å². The third-order valence-corrected chi connectivity index (χ3v) is 5.94. The number of benzene rings is 2. The van der Waals surface area contributed by atoms with Crippen LogP contribution in [0.25, 0.3) is 11.0 Å². The number of aryl methyl sites for hydroxylation is 1. The van der Waals surface area contributed by atoms with Crippen molar-refractivity contribution in [2.45, 2.75) is 32.3 Å². The van der Waals surface area contributed by atoms with Gasteiger partial charge in [-0.2, -0.15) is 5.26 Å². The van der Waals surface area contributed by atoms with E-state index >= 15 is 0 Å². The van der Waals surface area contributed by atoms with Crippen molar-refractivity contribution in [2.24, 2.45) is 5.92 Å². The van der Waals surface area contributed by atoms with Crippen LogP contribution in [0.3, 0.4) is 0 Å². The van der Waals surface area contributed by atoms with Gasteiger partial charge in [-0.25, -0.2) is 4.79 Å². The predicted octanol–water partition coefficient (Wildman–Crippen LogP) is 4.41. The average Bonchev–Trinajstić information content (AvgIpc) is 3.24. The maximum absolute atomic E-state index is 11.6. The van der Waals surface area contributed by atoms with Crippen molar-refractivity contribution in [2.75, 3.05) is 13.1 Å². The monoisotopic (exact) mass is 433 g/mol. The summed E-state index contributed by atoms with van der Waals surface area (Å²) in [7, 11) is 0. The van der Waals surface area contributed by atoms with Crippen molar-refractivity contribution in [1.82, 2.24) is 10.1 Å². The lowest BCUT2D eigenvalue weighted by Crippen LogP contribution is -2.37. The van der Waals surface area contributed by atoms with Crippen molar-refractivity contribution in [1.29, 1.82) is 5.26 Å². The fourth-order valence-electron chi connectivity index (χ4n) is 4.04. The molecule has 1 aromatic heterocycles. The van der Waals surface area contributed by atoms with Crippen LogP contribution in [0.4, 0.5) is 4.79 Å². The van der Waals surface area contributed by atoms with Crippen LogP contribution < -0.4 is 4.74 Å². The molecule has 164 valence electrons. The molecule has 0 radical (unpaired) electrons. The summed E-state index contributed by atoms with van der Waals surface area (Å²) < 4.78 is 11.3. The molecule has 1 fully saturated rings. The number of fused-ring (bicyclic) bond motifs is 1. The second-order valence-electron chi connectivity index (χ2n) is 7.99. The summed E-state index contributed by atoms with van der Waals surface area (Å²) in [5.41, 5.74) is 3.09. The Morgan fingerprint density at radius 1 is 1.28 bits per heavy atom. The summed E-state index contributed by atoms with van der Waals surface area (Å²) in [4.78, 5) is 24.1. The van der Waals surface area contributed by atoms with Crippen LogP contribution in [0.15, 0.2) is 40.9 Å². The van der Waals surface area contributed by atoms with Crippen LogP contribution in [-0.4, -0.2) is 40.6 Å². The summed E-state index contributed by atoms with van der Waals surface area (Å²) in [5, 5.41) is 22.9. The van der Waals surface area contributed by atoms with E-state index in [0.29, 0.717) is 54.5 Å². The number of nitrogens with zero attached hydrogens (tertiary/aromatic N) is 3. The van der Waals surface area contributed by atoms with Crippen LogP contribution in [0.5, 0.6) is 5.75 Å². The number of amides is 1. The third kappa shape index (κ3) is 4.72. The highest BCUT2D eigenvalue weighted by molar-refractivity contribution is 5.96. The number of hydrogen-bond acceptors (Lipinski definition) is 6. The number of piperidine rings is 1. The maximum atomic E-state index is 11.6. The molecule has 1 saturated heterocycles. The van der Waals surface area contributed by atoms with E-state index in [1.165, 1.54) is 4.90 Å². The largest absolute Gasteiger partial charge is 0.489 e. The highest BCUT2D eigenvalue weighted by Gasteiger charge is 2.23. The Labute approximate surface area is 185 Å². The van der Waals surface area contributed by atoms with Crippen molar-refractivity contribution in [3.63, 3.8) is 0 Å². The molecule has 0 saturated carbocycles. The SMILES string of the molecule is N#Cc1ccc(COc2cc(C=O)c3onc(CCC4CCN(C(=O)O)CC4)c3c2)cc1. The van der Waals surface area contributed by atoms with Gasteiger partial charge >= 0.3 is 6.09 Å². The molecule has 8 nitrogen and oxygen atoms in total. The number of carboxylic acid groups (broad SMARTS) is 1. The number of likely N-dealkylation sites (tertiary alicyclic amines) is 1. The Hall–Kier alpha value is -3.86. The zero-order valence-corrected chi connectivity index (χ0v) is 17.5. The van der Waals surface area contributed by atoms with Gasteiger partial charge in [0, 0.05) is 18.5 Å². The van der Waals surface area contributed by atoms with E-state index in [0.717, 1.165) is 42.2 Å². The van der Waals surface area contributed by atoms with Gasteiger partial charge in [0.05, 0.1) is 22.9 Å². The molecule has 1 aliphatic rings. The molecule has 0 spiro atoms. The molecular formula is C24H23N3O5. The van der Waals surface area contributed by atoms with Gasteiger partial charge in [0.2, 0.25) is 0 Å². The van der Waals surface area contributed by atoms with Gasteiger partial charge in [0.15, 0.2) is 11.9 Å². The molecular weight excluding hydrogens is 410 g/mol. The Morgan fingerprint density at radius 2 is 2.03 bits per heavy atom. The molecule has 1 amide bonds. The van der Waals surface area contributed by atoms with Crippen LogP contribution in [-0.2, 0) is 13.0 Å². The number of aldehydes is 1. The fraction of sp³-hybridized carbons (Fsp3) is 0.333. The molecule has 0 aliphatic carbocycles. The maximum Gasteiger partial charge on any atom is 0.407 e. The van der Waals surface area contributed by atoms with E-state index in [4.69, 9.17) is 19.6 Å². The number of hydrogen-bond donors (Lipinski definition) is 1. The number of ether oxygens (including phenoxy) is 1. The zero-order valence-electron chi connectivity index (χ0n) is 17.5. The Bertz CT molecular complexity index is 1150. The number of carbonyl (C=O) groups excluding carboxylic acids is 1. The summed E-state index contributed by atoms with van der Waals surface area (Å²) in [6.07, 6.45) is 3.10. The first-order valence-corrected chi connectivity index (χ1v) is 10.5. The highest BCUT2D eigenvalue weighted by atomic mass is 16.5. The van der Waals surface area contributed by atoms with E-state index < -0.39 is 6.09 Å². The van der Waals surface area contributed by atoms with E-state index in [1.54, 1.807) is 18.2 Å². The van der Waals surface area contributed by atoms with Gasteiger partial charge < -0.3 is 19.3 Å². The van der Waals surface area contributed by atoms with E-state index in [2.05, 4.69) is 11.2 Å². The summed E-state index contributed by atoms with van der Waals surface area (Å²) in [6.45, 7) is 1.42. The smallest absolute Gasteiger partial charge is 0.407 e. The lowest BCUT2D eigenvalue weighted by Gasteiger charge is -2.29. The number of aromatic nitrogens is 1. The number of rotatable bonds is 7. The summed E-state index contributed by atoms with van der Waals surface area (Å²) in [6, 6.07) is 12.7. The van der Waals surface area contributed by atoms with Gasteiger partial charge in [0.1, 0.15) is 12.4 Å². The fourth-order valence-corrected chi connectivity index (χ4v) is 4.04. The molecule has 1 N–H and O–H groups in total. The Kier molecular flexibility index (Phi) is 6.36. The lowest BCUT2D eigenvalue weighted by atomic mass is 9.91. The molecule has 1 aliphatic heterocycles. The normalized spacial score (nSPS) is 14.3. The lowest BCUT2D eigenvalue weighted by molar-refractivity contribution is 0.112. The molecule has 2 aromatic carbocycles. The van der Waals surface area contributed by atoms with E-state index in [1.807, 2.05) is 18.2 Å². The first-order chi connectivity index (χ1) is 15.6. The molecule has 3 aromatic rings. The second kappa shape index (κ2) is 9.52. The summed E-state index contributed by atoms with van der Waals surface area (Å²) >= 11 is 0. The quantitative estimate of drug-likeness (QED) is 0.548. The minimum Gasteiger partial charge on any atom is -0.489 e. The zero-order chi connectivity index (χ0) is 22.5. The molecule has 0 bridgehead atoms. The van der Waals surface area contributed by atoms with Crippen molar-refractivity contribution < 1.29 is 24.0 Å². The topological polar surface area (TPSA) is 117 Å². The van der Waals surface area contributed by atoms with E-state index in [9.17, 15) is 9.59 Å². The van der Waals surface area contributed by atoms with Crippen LogP contribution in [0, 0.1) is 17.2 Å². The predicted molar refractivity (Wildman–Crippen MR) is 116 cm³/mol. The third-order valence-electron chi connectivity index (χ3n) is 5.94. The van der Waals surface area contributed by atoms with E-state index in [-0.39, 0.29) is 0 Å². The molecule has 0 unspecified atom stereocenters. The molecule has 0 atom stereocenters. The minimum absolute atomic E-state index is 0.304. The van der Waals surface area contributed by atoms with Gasteiger partial charge in [-0.3, -0.25) is 4.79 Å². The molecule has 32 heavy (non-hydrogen) atoms. The average molecular weight is 433 g/mol. The van der Waals surface area contributed by atoms with Gasteiger partial charge in [-0.15, -0.1) is 0 Å². The van der Waals surface area contributed by atoms with Crippen LogP contribution in [0.2, 0.25) is 0 Å². The Balaban J connectivity index is 1.45. The second-order valence-corrected chi connectivity index (χ2v) is 7.99. The molecule has 2 heterocycles. The molecule has 4 rings (SSSR count). The summed E-state index contributed by atoms with van der Waals surface area (Å²) in [5.74, 6) is 0.974. The van der Waals surface area contributed by atoms with Crippen molar-refractivity contribution >= 4 is 23.3 Å². The van der Waals surface area contributed by atoms with Crippen LogP contribution >= 0.6 is 0 Å². The van der Waals surface area contributed by atoms with Crippen molar-refractivity contribution in [3.8, 4) is 11.8 Å².